The fourth-order valence-corrected chi connectivity index (χ4v) is 10.3. The summed E-state index contributed by atoms with van der Waals surface area (Å²) in [6, 6.07) is 26.5. The molecule has 0 unspecified atom stereocenters. The number of benzene rings is 4. The van der Waals surface area contributed by atoms with Crippen molar-refractivity contribution in [3.8, 4) is 0 Å². The standard InChI is InChI=1S/C33H44FN3O5Si.C27H30FN3O5/c1-32(2,3)41-31(39)37-20-24(42-43(7,8)33(4,5)6)17-29(37)27(26-18-35-28-16-23(34)14-15-25(26)28)19-36-30(38)40-21-22-12-10-9-11-13-22;1-27(2,3)36-26(34)31-15-19(32)12-24(31)22(21-13-29-23-11-18(28)9-10-20(21)23)14-30-25(33)35-16-17-7-5-4-6-8-17/h9-18,27,29,35H,19-21H2,1-8H3,(H,36,38);4-11,13,22,24,29H,12,14-16H2,1-3H3,(H,30,33)/t27-,29+;22-,24+/m11/s1. The summed E-state index contributed by atoms with van der Waals surface area (Å²) in [6.45, 7) is 22.2. The Morgan fingerprint density at radius 2 is 1.10 bits per heavy atom. The predicted molar refractivity (Wildman–Crippen MR) is 301 cm³/mol. The first kappa shape index (κ1) is 59.0. The smallest absolute Gasteiger partial charge is 0.411 e. The van der Waals surface area contributed by atoms with Crippen molar-refractivity contribution >= 4 is 60.3 Å². The lowest BCUT2D eigenvalue weighted by Gasteiger charge is -2.37. The normalized spacial score (nSPS) is 16.6. The van der Waals surface area contributed by atoms with Crippen LogP contribution in [-0.4, -0.2) is 108 Å². The molecule has 19 heteroatoms. The number of nitrogens with zero attached hydrogens (tertiary/aromatic N) is 2. The molecule has 2 aromatic heterocycles. The minimum absolute atomic E-state index is 0.0486. The number of ether oxygens (including phenoxy) is 4. The predicted octanol–water partition coefficient (Wildman–Crippen LogP) is 12.7. The summed E-state index contributed by atoms with van der Waals surface area (Å²) in [6.07, 6.45) is 3.33. The van der Waals surface area contributed by atoms with E-state index in [1.807, 2.05) is 87.5 Å². The number of aromatic amines is 2. The van der Waals surface area contributed by atoms with Crippen molar-refractivity contribution in [2.24, 2.45) is 0 Å². The van der Waals surface area contributed by atoms with Crippen LogP contribution in [0.3, 0.4) is 0 Å². The lowest BCUT2D eigenvalue weighted by Crippen LogP contribution is -2.46. The van der Waals surface area contributed by atoms with Gasteiger partial charge in [0.25, 0.3) is 0 Å². The molecule has 422 valence electrons. The maximum Gasteiger partial charge on any atom is 0.411 e. The highest BCUT2D eigenvalue weighted by Crippen LogP contribution is 2.41. The van der Waals surface area contributed by atoms with Crippen molar-refractivity contribution < 1.29 is 56.1 Å². The number of hydrogen-bond acceptors (Lipinski definition) is 10. The third-order valence-corrected chi connectivity index (χ3v) is 18.4. The zero-order valence-corrected chi connectivity index (χ0v) is 48.0. The maximum absolute atomic E-state index is 14.1. The molecule has 6 aromatic rings. The molecule has 0 aliphatic carbocycles. The Labute approximate surface area is 461 Å². The first-order valence-electron chi connectivity index (χ1n) is 26.5. The third-order valence-electron chi connectivity index (χ3n) is 14.1. The molecular weight excluding hydrogens is 1030 g/mol. The molecule has 1 saturated heterocycles. The second-order valence-electron chi connectivity index (χ2n) is 23.5. The highest BCUT2D eigenvalue weighted by molar-refractivity contribution is 6.74. The van der Waals surface area contributed by atoms with Gasteiger partial charge in [0, 0.05) is 65.5 Å². The summed E-state index contributed by atoms with van der Waals surface area (Å²) in [4.78, 5) is 73.7. The molecule has 0 bridgehead atoms. The number of hydrogen-bond donors (Lipinski definition) is 4. The summed E-state index contributed by atoms with van der Waals surface area (Å²) in [5.74, 6) is -1.06. The molecule has 16 nitrogen and oxygen atoms in total. The minimum atomic E-state index is -2.23. The van der Waals surface area contributed by atoms with Gasteiger partial charge in [0.1, 0.15) is 36.1 Å². The molecule has 79 heavy (non-hydrogen) atoms. The van der Waals surface area contributed by atoms with Gasteiger partial charge in [-0.15, -0.1) is 0 Å². The summed E-state index contributed by atoms with van der Waals surface area (Å²) >= 11 is 0. The molecule has 2 aliphatic heterocycles. The van der Waals surface area contributed by atoms with Crippen LogP contribution in [0, 0.1) is 11.6 Å². The van der Waals surface area contributed by atoms with Crippen LogP contribution < -0.4 is 10.6 Å². The second kappa shape index (κ2) is 24.6. The van der Waals surface area contributed by atoms with Gasteiger partial charge in [-0.3, -0.25) is 14.6 Å². The third kappa shape index (κ3) is 15.8. The first-order valence-corrected chi connectivity index (χ1v) is 29.4. The lowest BCUT2D eigenvalue weighted by molar-refractivity contribution is -0.117. The van der Waals surface area contributed by atoms with E-state index in [0.29, 0.717) is 16.8 Å². The molecule has 4 heterocycles. The molecule has 8 rings (SSSR count). The number of carbonyl (C=O) groups excluding carboxylic acids is 5. The number of rotatable bonds is 14. The van der Waals surface area contributed by atoms with Crippen molar-refractivity contribution in [2.45, 2.75) is 135 Å². The van der Waals surface area contributed by atoms with Gasteiger partial charge in [-0.25, -0.2) is 28.0 Å². The van der Waals surface area contributed by atoms with Crippen LogP contribution in [0.1, 0.15) is 103 Å². The fourth-order valence-electron chi connectivity index (χ4n) is 9.25. The van der Waals surface area contributed by atoms with Crippen molar-refractivity contribution in [1.82, 2.24) is 30.4 Å². The molecule has 4 aromatic carbocycles. The van der Waals surface area contributed by atoms with E-state index >= 15 is 0 Å². The first-order chi connectivity index (χ1) is 37.1. The molecule has 2 aliphatic rings. The van der Waals surface area contributed by atoms with E-state index in [1.165, 1.54) is 29.2 Å². The van der Waals surface area contributed by atoms with Gasteiger partial charge in [0.2, 0.25) is 8.32 Å². The highest BCUT2D eigenvalue weighted by atomic mass is 28.4. The quantitative estimate of drug-likeness (QED) is 0.0602. The average molecular weight is 1110 g/mol. The number of H-pyrrole nitrogens is 2. The Kier molecular flexibility index (Phi) is 18.3. The second-order valence-corrected chi connectivity index (χ2v) is 28.2. The van der Waals surface area contributed by atoms with Gasteiger partial charge >= 0.3 is 24.4 Å². The molecule has 4 atom stereocenters. The average Bonchev–Trinajstić information content (AvgIpc) is 4.28. The van der Waals surface area contributed by atoms with Crippen LogP contribution in [0.4, 0.5) is 28.0 Å². The number of carbonyl (C=O) groups is 5. The largest absolute Gasteiger partial charge is 0.545 e. The number of halogens is 2. The Bertz CT molecular complexity index is 3140. The summed E-state index contributed by atoms with van der Waals surface area (Å²) in [5, 5.41) is 7.16. The van der Waals surface area contributed by atoms with E-state index in [9.17, 15) is 32.8 Å². The van der Waals surface area contributed by atoms with Gasteiger partial charge < -0.3 is 44.0 Å². The zero-order chi connectivity index (χ0) is 57.5. The van der Waals surface area contributed by atoms with Crippen molar-refractivity contribution in [3.63, 3.8) is 0 Å². The molecule has 1 fully saturated rings. The Balaban J connectivity index is 0.000000232. The van der Waals surface area contributed by atoms with Gasteiger partial charge in [-0.1, -0.05) is 81.4 Å². The maximum atomic E-state index is 14.1. The number of aromatic nitrogens is 2. The summed E-state index contributed by atoms with van der Waals surface area (Å²) in [7, 11) is -2.23. The van der Waals surface area contributed by atoms with E-state index in [1.54, 1.807) is 50.2 Å². The van der Waals surface area contributed by atoms with Crippen molar-refractivity contribution in [2.75, 3.05) is 26.2 Å². The number of alkyl carbamates (subject to hydrolysis) is 2. The Morgan fingerprint density at radius 1 is 0.646 bits per heavy atom. The van der Waals surface area contributed by atoms with E-state index in [2.05, 4.69) is 54.5 Å². The number of nitrogens with one attached hydrogen (secondary N) is 4. The Hall–Kier alpha value is -7.67. The SMILES string of the molecule is CC(C)(C)OC(=O)N1CC(=O)C[C@H]1[C@H](CNC(=O)OCc1ccccc1)c1c[nH]c2cc(F)ccc12.CC(C)(C)OC(=O)N1CC(O[Si](C)(C)C(C)(C)C)=C[C@H]1[C@H](CNC(=O)OCc1ccccc1)c1c[nH]c2cc(F)ccc12. The van der Waals surface area contributed by atoms with Crippen LogP contribution in [0.15, 0.2) is 121 Å². The van der Waals surface area contributed by atoms with Gasteiger partial charge in [-0.05, 0) is 124 Å². The number of amides is 4. The van der Waals surface area contributed by atoms with Crippen molar-refractivity contribution in [1.29, 1.82) is 0 Å². The summed E-state index contributed by atoms with van der Waals surface area (Å²) < 4.78 is 56.7. The topological polar surface area (TPSA) is 194 Å². The lowest BCUT2D eigenvalue weighted by atomic mass is 9.89. The Morgan fingerprint density at radius 3 is 1.57 bits per heavy atom. The van der Waals surface area contributed by atoms with Gasteiger partial charge in [0.05, 0.1) is 30.9 Å². The monoisotopic (exact) mass is 1100 g/mol. The molecule has 4 amide bonds. The molecule has 0 saturated carbocycles. The number of ketones is 1. The van der Waals surface area contributed by atoms with E-state index < -0.39 is 67.8 Å². The van der Waals surface area contributed by atoms with E-state index in [4.69, 9.17) is 23.4 Å². The van der Waals surface area contributed by atoms with Crippen LogP contribution in [0.5, 0.6) is 0 Å². The fraction of sp³-hybridized carbons (Fsp3) is 0.417. The van der Waals surface area contributed by atoms with Crippen LogP contribution >= 0.6 is 0 Å². The molecular formula is C60H74F2N6O10Si. The summed E-state index contributed by atoms with van der Waals surface area (Å²) in [5.41, 5.74) is 3.04. The molecule has 0 spiro atoms. The molecule has 4 N–H and O–H groups in total. The number of likely N-dealkylation sites (tertiary alicyclic amines) is 1. The van der Waals surface area contributed by atoms with E-state index in [0.717, 1.165) is 33.0 Å². The van der Waals surface area contributed by atoms with Crippen LogP contribution in [-0.2, 0) is 41.4 Å². The van der Waals surface area contributed by atoms with Gasteiger partial charge in [-0.2, -0.15) is 0 Å². The zero-order valence-electron chi connectivity index (χ0n) is 47.0. The van der Waals surface area contributed by atoms with Gasteiger partial charge in [0.15, 0.2) is 5.78 Å². The van der Waals surface area contributed by atoms with E-state index in [-0.39, 0.29) is 68.3 Å². The number of Topliss-reactive ketones (excluding diaryl/α,β-unsaturated/α-hetero) is 1. The highest BCUT2D eigenvalue weighted by Gasteiger charge is 2.45. The van der Waals surface area contributed by atoms with Crippen LogP contribution in [0.25, 0.3) is 21.8 Å². The number of fused-ring (bicyclic) bond motifs is 2. The van der Waals surface area contributed by atoms with Crippen molar-refractivity contribution in [3.05, 3.63) is 155 Å². The minimum Gasteiger partial charge on any atom is -0.545 e. The van der Waals surface area contributed by atoms with Crippen LogP contribution in [0.2, 0.25) is 18.1 Å². The molecule has 0 radical (unpaired) electrons.